The van der Waals surface area contributed by atoms with Gasteiger partial charge in [0.1, 0.15) is 17.3 Å². The lowest BCUT2D eigenvalue weighted by atomic mass is 9.97. The van der Waals surface area contributed by atoms with E-state index in [0.29, 0.717) is 29.4 Å². The number of fused-ring (bicyclic) bond motifs is 1. The number of hydrogen-bond donors (Lipinski definition) is 2. The number of H-pyrrole nitrogens is 1. The number of benzene rings is 1. The molecule has 1 amide bonds. The number of carbonyl (C=O) groups is 1. The number of aromatic amines is 1. The van der Waals surface area contributed by atoms with Gasteiger partial charge in [-0.05, 0) is 56.2 Å². The van der Waals surface area contributed by atoms with Crippen LogP contribution in [0, 0.1) is 0 Å². The Hall–Kier alpha value is -3.72. The summed E-state index contributed by atoms with van der Waals surface area (Å²) in [7, 11) is 0. The number of hydrogen-bond acceptors (Lipinski definition) is 6. The second kappa shape index (κ2) is 9.03. The monoisotopic (exact) mass is 461 g/mol. The zero-order valence-corrected chi connectivity index (χ0v) is 18.9. The van der Waals surface area contributed by atoms with Crippen molar-refractivity contribution in [3.8, 4) is 22.3 Å². The largest absolute Gasteiger partial charge is 0.493 e. The van der Waals surface area contributed by atoms with E-state index in [9.17, 15) is 9.59 Å². The van der Waals surface area contributed by atoms with E-state index in [1.165, 1.54) is 4.68 Å². The molecular weight excluding hydrogens is 438 g/mol. The number of thiophene rings is 1. The Morgan fingerprint density at radius 2 is 2.06 bits per heavy atom. The topological polar surface area (TPSA) is 102 Å². The highest BCUT2D eigenvalue weighted by Gasteiger charge is 2.21. The fourth-order valence-electron chi connectivity index (χ4n) is 3.99. The number of anilines is 1. The Labute approximate surface area is 194 Å². The molecule has 0 radical (unpaired) electrons. The summed E-state index contributed by atoms with van der Waals surface area (Å²) in [5.74, 6) is 0.867. The molecule has 8 nitrogen and oxygen atoms in total. The summed E-state index contributed by atoms with van der Waals surface area (Å²) in [6.45, 7) is 2.32. The highest BCUT2D eigenvalue weighted by Crippen LogP contribution is 2.28. The van der Waals surface area contributed by atoms with Crippen molar-refractivity contribution in [2.75, 3.05) is 11.9 Å². The Bertz CT molecular complexity index is 1360. The molecule has 0 saturated heterocycles. The fourth-order valence-corrected chi connectivity index (χ4v) is 4.67. The summed E-state index contributed by atoms with van der Waals surface area (Å²) in [6.07, 6.45) is 3.48. The Morgan fingerprint density at radius 3 is 2.88 bits per heavy atom. The van der Waals surface area contributed by atoms with Crippen molar-refractivity contribution in [1.29, 1.82) is 0 Å². The summed E-state index contributed by atoms with van der Waals surface area (Å²) in [5, 5.41) is 9.56. The molecule has 1 aliphatic carbocycles. The zero-order chi connectivity index (χ0) is 22.8. The minimum absolute atomic E-state index is 0.151. The van der Waals surface area contributed by atoms with Gasteiger partial charge in [0, 0.05) is 11.6 Å². The van der Waals surface area contributed by atoms with Gasteiger partial charge < -0.3 is 10.1 Å². The van der Waals surface area contributed by atoms with Crippen LogP contribution in [0.3, 0.4) is 0 Å². The highest BCUT2D eigenvalue weighted by molar-refractivity contribution is 7.13. The molecule has 0 saturated carbocycles. The van der Waals surface area contributed by atoms with Gasteiger partial charge in [-0.3, -0.25) is 14.6 Å². The molecule has 168 valence electrons. The number of carbonyl (C=O) groups excluding carboxylic acids is 1. The maximum atomic E-state index is 13.2. The van der Waals surface area contributed by atoms with Gasteiger partial charge in [0.15, 0.2) is 0 Å². The lowest BCUT2D eigenvalue weighted by molar-refractivity contribution is 0.102. The molecule has 3 heterocycles. The van der Waals surface area contributed by atoms with Gasteiger partial charge in [0.25, 0.3) is 11.5 Å². The van der Waals surface area contributed by atoms with Crippen molar-refractivity contribution in [2.24, 2.45) is 0 Å². The number of amides is 1. The normalized spacial score (nSPS) is 12.9. The zero-order valence-electron chi connectivity index (χ0n) is 18.1. The highest BCUT2D eigenvalue weighted by atomic mass is 32.1. The van der Waals surface area contributed by atoms with Crippen LogP contribution in [0.4, 0.5) is 5.82 Å². The van der Waals surface area contributed by atoms with E-state index in [0.717, 1.165) is 41.8 Å². The van der Waals surface area contributed by atoms with E-state index < -0.39 is 0 Å². The van der Waals surface area contributed by atoms with Gasteiger partial charge in [0.2, 0.25) is 5.95 Å². The summed E-state index contributed by atoms with van der Waals surface area (Å²) in [4.78, 5) is 34.4. The SMILES string of the molecule is CCOc1ccccc1C(=O)Nc1cc(-c2cccs2)nn1-c1nc2c(c(=O)[nH]1)CCCC2. The third kappa shape index (κ3) is 4.19. The lowest BCUT2D eigenvalue weighted by Gasteiger charge is -2.15. The van der Waals surface area contributed by atoms with E-state index >= 15 is 0 Å². The first-order valence-electron chi connectivity index (χ1n) is 10.9. The maximum Gasteiger partial charge on any atom is 0.260 e. The third-order valence-electron chi connectivity index (χ3n) is 5.54. The summed E-state index contributed by atoms with van der Waals surface area (Å²) < 4.78 is 7.10. The molecule has 1 aliphatic rings. The van der Waals surface area contributed by atoms with Crippen LogP contribution in [-0.4, -0.2) is 32.3 Å². The molecule has 4 aromatic rings. The Kier molecular flexibility index (Phi) is 5.78. The number of rotatable bonds is 6. The first kappa shape index (κ1) is 21.1. The van der Waals surface area contributed by atoms with Crippen LogP contribution in [0.5, 0.6) is 5.75 Å². The predicted octanol–water partition coefficient (Wildman–Crippen LogP) is 4.21. The smallest absolute Gasteiger partial charge is 0.260 e. The number of nitrogens with one attached hydrogen (secondary N) is 2. The van der Waals surface area contributed by atoms with E-state index in [1.807, 2.05) is 30.5 Å². The van der Waals surface area contributed by atoms with Crippen molar-refractivity contribution in [3.05, 3.63) is 75.0 Å². The molecule has 0 fully saturated rings. The quantitative estimate of drug-likeness (QED) is 0.448. The third-order valence-corrected chi connectivity index (χ3v) is 6.43. The maximum absolute atomic E-state index is 13.2. The van der Waals surface area contributed by atoms with Gasteiger partial charge in [-0.25, -0.2) is 4.98 Å². The first-order valence-corrected chi connectivity index (χ1v) is 11.8. The van der Waals surface area contributed by atoms with Gasteiger partial charge in [-0.2, -0.15) is 9.78 Å². The van der Waals surface area contributed by atoms with Crippen LogP contribution in [0.15, 0.2) is 52.6 Å². The minimum atomic E-state index is -0.335. The van der Waals surface area contributed by atoms with E-state index in [4.69, 9.17) is 9.72 Å². The molecule has 2 N–H and O–H groups in total. The van der Waals surface area contributed by atoms with Gasteiger partial charge in [-0.1, -0.05) is 18.2 Å². The van der Waals surface area contributed by atoms with E-state index in [2.05, 4.69) is 15.4 Å². The van der Waals surface area contributed by atoms with Crippen LogP contribution in [0.2, 0.25) is 0 Å². The van der Waals surface area contributed by atoms with Gasteiger partial charge >= 0.3 is 0 Å². The van der Waals surface area contributed by atoms with Crippen molar-refractivity contribution in [2.45, 2.75) is 32.6 Å². The number of ether oxygens (including phenoxy) is 1. The molecule has 5 rings (SSSR count). The van der Waals surface area contributed by atoms with E-state index in [-0.39, 0.29) is 17.4 Å². The average Bonchev–Trinajstić information content (AvgIpc) is 3.50. The van der Waals surface area contributed by atoms with Crippen LogP contribution in [0.25, 0.3) is 16.5 Å². The lowest BCUT2D eigenvalue weighted by Crippen LogP contribution is -2.24. The fraction of sp³-hybridized carbons (Fsp3) is 0.250. The molecule has 3 aromatic heterocycles. The standard InChI is InChI=1S/C24H23N5O3S/c1-2-32-19-11-6-4-9-16(19)23(31)26-21-14-18(20-12-7-13-33-20)28-29(21)24-25-17-10-5-3-8-15(17)22(30)27-24/h4,6-7,9,11-14H,2-3,5,8,10H2,1H3,(H,26,31)(H,25,27,30). The average molecular weight is 462 g/mol. The molecule has 0 spiro atoms. The van der Waals surface area contributed by atoms with E-state index in [1.54, 1.807) is 35.6 Å². The van der Waals surface area contributed by atoms with Gasteiger partial charge in [0.05, 0.1) is 22.7 Å². The van der Waals surface area contributed by atoms with Crippen LogP contribution < -0.4 is 15.6 Å². The number of aromatic nitrogens is 4. The number of aryl methyl sites for hydroxylation is 1. The van der Waals surface area contributed by atoms with Crippen molar-refractivity contribution in [1.82, 2.24) is 19.7 Å². The molecule has 1 aromatic carbocycles. The Balaban J connectivity index is 1.57. The second-order valence-electron chi connectivity index (χ2n) is 7.71. The van der Waals surface area contributed by atoms with Crippen molar-refractivity contribution < 1.29 is 9.53 Å². The summed E-state index contributed by atoms with van der Waals surface area (Å²) in [6, 6.07) is 12.8. The Morgan fingerprint density at radius 1 is 1.21 bits per heavy atom. The van der Waals surface area contributed by atoms with Gasteiger partial charge in [-0.15, -0.1) is 11.3 Å². The van der Waals surface area contributed by atoms with Crippen LogP contribution in [0.1, 0.15) is 41.4 Å². The summed E-state index contributed by atoms with van der Waals surface area (Å²) in [5.41, 5.74) is 2.48. The van der Waals surface area contributed by atoms with Crippen molar-refractivity contribution >= 4 is 23.1 Å². The molecule has 9 heteroatoms. The first-order chi connectivity index (χ1) is 16.1. The molecule has 33 heavy (non-hydrogen) atoms. The second-order valence-corrected chi connectivity index (χ2v) is 8.66. The van der Waals surface area contributed by atoms with Crippen LogP contribution >= 0.6 is 11.3 Å². The molecular formula is C24H23N5O3S. The minimum Gasteiger partial charge on any atom is -0.493 e. The predicted molar refractivity (Wildman–Crippen MR) is 127 cm³/mol. The molecule has 0 unspecified atom stereocenters. The molecule has 0 bridgehead atoms. The molecule has 0 aliphatic heterocycles. The van der Waals surface area contributed by atoms with Crippen LogP contribution in [-0.2, 0) is 12.8 Å². The summed E-state index contributed by atoms with van der Waals surface area (Å²) >= 11 is 1.54. The van der Waals surface area contributed by atoms with Crippen molar-refractivity contribution in [3.63, 3.8) is 0 Å². The number of para-hydroxylation sites is 1. The molecule has 0 atom stereocenters. The number of nitrogens with zero attached hydrogens (tertiary/aromatic N) is 3.